The molecule has 1 saturated heterocycles. The number of aliphatic hydroxyl groups is 1. The number of carboxylic acids is 1. The Hall–Kier alpha value is -1.18. The summed E-state index contributed by atoms with van der Waals surface area (Å²) in [7, 11) is 0. The van der Waals surface area contributed by atoms with Crippen molar-refractivity contribution in [2.75, 3.05) is 33.0 Å². The van der Waals surface area contributed by atoms with Gasteiger partial charge in [-0.2, -0.15) is 0 Å². The smallest absolute Gasteiger partial charge is 0.329 e. The van der Waals surface area contributed by atoms with Crippen molar-refractivity contribution < 1.29 is 29.3 Å². The van der Waals surface area contributed by atoms with Crippen LogP contribution in [0.3, 0.4) is 0 Å². The van der Waals surface area contributed by atoms with Crippen LogP contribution in [0.25, 0.3) is 0 Å². The lowest BCUT2D eigenvalue weighted by Crippen LogP contribution is -2.53. The van der Waals surface area contributed by atoms with Crippen LogP contribution in [0.5, 0.6) is 0 Å². The highest BCUT2D eigenvalue weighted by Gasteiger charge is 2.29. The fraction of sp³-hybridized carbons (Fsp3) is 0.800. The Labute approximate surface area is 98.9 Å². The summed E-state index contributed by atoms with van der Waals surface area (Å²) in [6.45, 7) is 1.57. The molecular formula is C10H17NO6. The number of aliphatic carboxylic acids is 1. The molecule has 1 heterocycles. The second-order valence-electron chi connectivity index (χ2n) is 3.92. The van der Waals surface area contributed by atoms with E-state index >= 15 is 0 Å². The zero-order valence-corrected chi connectivity index (χ0v) is 9.66. The molecule has 1 aliphatic heterocycles. The van der Waals surface area contributed by atoms with Crippen molar-refractivity contribution in [1.29, 1.82) is 0 Å². The third kappa shape index (κ3) is 4.29. The number of carbonyl (C=O) groups is 2. The third-order valence-corrected chi connectivity index (χ3v) is 2.48. The van der Waals surface area contributed by atoms with Crippen LogP contribution in [0.15, 0.2) is 0 Å². The monoisotopic (exact) mass is 247 g/mol. The SMILES string of the molecule is CC1COC(CO)CN1C(=O)COCC(=O)O. The third-order valence-electron chi connectivity index (χ3n) is 2.48. The molecule has 1 rings (SSSR count). The molecule has 98 valence electrons. The first kappa shape index (κ1) is 13.9. The van der Waals surface area contributed by atoms with Crippen molar-refractivity contribution in [3.05, 3.63) is 0 Å². The molecule has 0 aromatic carbocycles. The van der Waals surface area contributed by atoms with Gasteiger partial charge in [0.05, 0.1) is 25.4 Å². The summed E-state index contributed by atoms with van der Waals surface area (Å²) in [4.78, 5) is 23.5. The number of amides is 1. The molecule has 0 spiro atoms. The first-order chi connectivity index (χ1) is 8.04. The first-order valence-electron chi connectivity index (χ1n) is 5.36. The van der Waals surface area contributed by atoms with Gasteiger partial charge in [0.1, 0.15) is 13.2 Å². The standard InChI is InChI=1S/C10H17NO6/c1-7-4-17-8(3-12)2-11(7)9(13)5-16-6-10(14)15/h7-8,12H,2-6H2,1H3,(H,14,15). The van der Waals surface area contributed by atoms with E-state index in [0.29, 0.717) is 13.2 Å². The fourth-order valence-corrected chi connectivity index (χ4v) is 1.58. The van der Waals surface area contributed by atoms with Crippen LogP contribution in [0.2, 0.25) is 0 Å². The summed E-state index contributed by atoms with van der Waals surface area (Å²) in [5, 5.41) is 17.3. The van der Waals surface area contributed by atoms with Crippen LogP contribution in [0, 0.1) is 0 Å². The van der Waals surface area contributed by atoms with Crippen molar-refractivity contribution >= 4 is 11.9 Å². The predicted octanol–water partition coefficient (Wildman–Crippen LogP) is -1.30. The quantitative estimate of drug-likeness (QED) is 0.626. The van der Waals surface area contributed by atoms with Gasteiger partial charge in [0, 0.05) is 6.54 Å². The summed E-state index contributed by atoms with van der Waals surface area (Å²) in [5.74, 6) is -1.40. The summed E-state index contributed by atoms with van der Waals surface area (Å²) >= 11 is 0. The Balaban J connectivity index is 2.40. The normalized spacial score (nSPS) is 24.7. The van der Waals surface area contributed by atoms with Crippen LogP contribution >= 0.6 is 0 Å². The number of rotatable bonds is 5. The summed E-state index contributed by atoms with van der Waals surface area (Å²) in [5.41, 5.74) is 0. The van der Waals surface area contributed by atoms with E-state index in [2.05, 4.69) is 0 Å². The maximum Gasteiger partial charge on any atom is 0.329 e. The molecule has 2 N–H and O–H groups in total. The lowest BCUT2D eigenvalue weighted by molar-refractivity contribution is -0.153. The molecule has 0 aromatic rings. The average Bonchev–Trinajstić information content (AvgIpc) is 2.29. The molecule has 7 nitrogen and oxygen atoms in total. The van der Waals surface area contributed by atoms with E-state index in [0.717, 1.165) is 0 Å². The van der Waals surface area contributed by atoms with E-state index < -0.39 is 12.6 Å². The van der Waals surface area contributed by atoms with Gasteiger partial charge >= 0.3 is 5.97 Å². The van der Waals surface area contributed by atoms with Gasteiger partial charge in [0.2, 0.25) is 5.91 Å². The van der Waals surface area contributed by atoms with E-state index in [1.807, 2.05) is 6.92 Å². The van der Waals surface area contributed by atoms with E-state index in [9.17, 15) is 9.59 Å². The maximum atomic E-state index is 11.7. The molecule has 0 aromatic heterocycles. The molecule has 2 unspecified atom stereocenters. The lowest BCUT2D eigenvalue weighted by Gasteiger charge is -2.37. The molecule has 17 heavy (non-hydrogen) atoms. The van der Waals surface area contributed by atoms with Gasteiger partial charge in [-0.15, -0.1) is 0 Å². The number of nitrogens with zero attached hydrogens (tertiary/aromatic N) is 1. The highest BCUT2D eigenvalue weighted by Crippen LogP contribution is 2.11. The minimum Gasteiger partial charge on any atom is -0.480 e. The van der Waals surface area contributed by atoms with Crippen molar-refractivity contribution in [2.45, 2.75) is 19.1 Å². The molecule has 0 radical (unpaired) electrons. The Morgan fingerprint density at radius 3 is 2.76 bits per heavy atom. The van der Waals surface area contributed by atoms with Crippen molar-refractivity contribution in [1.82, 2.24) is 4.90 Å². The Bertz CT molecular complexity index is 282. The van der Waals surface area contributed by atoms with Gasteiger partial charge in [-0.1, -0.05) is 0 Å². The van der Waals surface area contributed by atoms with Crippen LogP contribution in [0.1, 0.15) is 6.92 Å². The minimum absolute atomic E-state index is 0.0984. The predicted molar refractivity (Wildman–Crippen MR) is 56.5 cm³/mol. The van der Waals surface area contributed by atoms with Crippen LogP contribution < -0.4 is 0 Å². The lowest BCUT2D eigenvalue weighted by atomic mass is 10.2. The van der Waals surface area contributed by atoms with Crippen molar-refractivity contribution in [3.63, 3.8) is 0 Å². The number of hydrogen-bond acceptors (Lipinski definition) is 5. The minimum atomic E-state index is -1.11. The number of morpholine rings is 1. The van der Waals surface area contributed by atoms with Gasteiger partial charge in [-0.3, -0.25) is 4.79 Å². The van der Waals surface area contributed by atoms with Gasteiger partial charge in [-0.05, 0) is 6.92 Å². The summed E-state index contributed by atoms with van der Waals surface area (Å²) in [6.07, 6.45) is -0.380. The van der Waals surface area contributed by atoms with Crippen LogP contribution in [-0.2, 0) is 19.1 Å². The molecule has 7 heteroatoms. The molecule has 0 aliphatic carbocycles. The molecule has 0 saturated carbocycles. The van der Waals surface area contributed by atoms with E-state index in [1.165, 1.54) is 4.90 Å². The number of ether oxygens (including phenoxy) is 2. The second kappa shape index (κ2) is 6.53. The fourth-order valence-electron chi connectivity index (χ4n) is 1.58. The van der Waals surface area contributed by atoms with Gasteiger partial charge in [0.15, 0.2) is 0 Å². The number of aliphatic hydroxyl groups excluding tert-OH is 1. The van der Waals surface area contributed by atoms with Crippen LogP contribution in [-0.4, -0.2) is 72.1 Å². The molecule has 1 amide bonds. The van der Waals surface area contributed by atoms with Crippen molar-refractivity contribution in [3.8, 4) is 0 Å². The molecule has 0 bridgehead atoms. The molecule has 1 fully saturated rings. The summed E-state index contributed by atoms with van der Waals surface area (Å²) in [6, 6.07) is -0.0984. The van der Waals surface area contributed by atoms with Crippen LogP contribution in [0.4, 0.5) is 0 Å². The second-order valence-corrected chi connectivity index (χ2v) is 3.92. The van der Waals surface area contributed by atoms with Gasteiger partial charge in [0.25, 0.3) is 0 Å². The van der Waals surface area contributed by atoms with Crippen molar-refractivity contribution in [2.24, 2.45) is 0 Å². The number of carboxylic acid groups (broad SMARTS) is 1. The average molecular weight is 247 g/mol. The Morgan fingerprint density at radius 1 is 1.47 bits per heavy atom. The molecule has 1 aliphatic rings. The number of hydrogen-bond donors (Lipinski definition) is 2. The highest BCUT2D eigenvalue weighted by molar-refractivity contribution is 5.78. The van der Waals surface area contributed by atoms with Gasteiger partial charge in [-0.25, -0.2) is 4.79 Å². The summed E-state index contributed by atoms with van der Waals surface area (Å²) < 4.78 is 10.0. The Kier molecular flexibility index (Phi) is 5.33. The first-order valence-corrected chi connectivity index (χ1v) is 5.36. The van der Waals surface area contributed by atoms with E-state index in [1.54, 1.807) is 0 Å². The largest absolute Gasteiger partial charge is 0.480 e. The highest BCUT2D eigenvalue weighted by atomic mass is 16.5. The Morgan fingerprint density at radius 2 is 2.18 bits per heavy atom. The number of carbonyl (C=O) groups excluding carboxylic acids is 1. The van der Waals surface area contributed by atoms with E-state index in [-0.39, 0.29) is 31.3 Å². The van der Waals surface area contributed by atoms with Gasteiger partial charge < -0.3 is 24.6 Å². The topological polar surface area (TPSA) is 96.3 Å². The maximum absolute atomic E-state index is 11.7. The zero-order chi connectivity index (χ0) is 12.8. The van der Waals surface area contributed by atoms with E-state index in [4.69, 9.17) is 19.7 Å². The zero-order valence-electron chi connectivity index (χ0n) is 9.66. The molecule has 2 atom stereocenters. The molecular weight excluding hydrogens is 230 g/mol.